The third-order valence-electron chi connectivity index (χ3n) is 9.44. The number of carbonyl (C=O) groups is 2. The van der Waals surface area contributed by atoms with Gasteiger partial charge in [0.15, 0.2) is 0 Å². The maximum absolute atomic E-state index is 14.1. The van der Waals surface area contributed by atoms with E-state index >= 15 is 0 Å². The lowest BCUT2D eigenvalue weighted by atomic mass is 9.91. The molecular weight excluding hydrogens is 498 g/mol. The van der Waals surface area contributed by atoms with E-state index in [-0.39, 0.29) is 17.9 Å². The molecule has 0 radical (unpaired) electrons. The Bertz CT molecular complexity index is 1160. The highest BCUT2D eigenvalue weighted by Gasteiger charge is 2.48. The van der Waals surface area contributed by atoms with Crippen LogP contribution in [0.15, 0.2) is 30.3 Å². The van der Waals surface area contributed by atoms with Gasteiger partial charge in [-0.15, -0.1) is 0 Å². The highest BCUT2D eigenvalue weighted by Crippen LogP contribution is 2.31. The predicted octanol–water partition coefficient (Wildman–Crippen LogP) is 5.53. The van der Waals surface area contributed by atoms with E-state index in [2.05, 4.69) is 55.3 Å². The lowest BCUT2D eigenvalue weighted by Gasteiger charge is -2.44. The van der Waals surface area contributed by atoms with Crippen LogP contribution >= 0.6 is 0 Å². The molecule has 1 aromatic heterocycles. The molecule has 1 aromatic carbocycles. The second-order valence-corrected chi connectivity index (χ2v) is 13.1. The minimum Gasteiger partial charge on any atom is -0.351 e. The Balaban J connectivity index is 1.38. The summed E-state index contributed by atoms with van der Waals surface area (Å²) < 4.78 is 1.78. The number of hydrogen-bond donors (Lipinski definition) is 1. The van der Waals surface area contributed by atoms with Crippen molar-refractivity contribution in [1.29, 1.82) is 0 Å². The molecule has 0 spiro atoms. The van der Waals surface area contributed by atoms with Gasteiger partial charge in [0.2, 0.25) is 5.91 Å². The first-order valence-electron chi connectivity index (χ1n) is 15.8. The Hall–Kier alpha value is -2.67. The zero-order valence-corrected chi connectivity index (χ0v) is 25.1. The van der Waals surface area contributed by atoms with Crippen LogP contribution in [0.1, 0.15) is 95.1 Å². The van der Waals surface area contributed by atoms with Gasteiger partial charge in [0.05, 0.1) is 12.2 Å². The highest BCUT2D eigenvalue weighted by atomic mass is 16.2. The second kappa shape index (κ2) is 12.5. The number of amides is 2. The molecule has 3 heterocycles. The van der Waals surface area contributed by atoms with Crippen molar-refractivity contribution in [3.8, 4) is 11.3 Å². The molecule has 2 aromatic rings. The molecule has 2 fully saturated rings. The Kier molecular flexibility index (Phi) is 8.98. The summed E-state index contributed by atoms with van der Waals surface area (Å²) >= 11 is 0. The van der Waals surface area contributed by atoms with Crippen LogP contribution in [0, 0.1) is 11.8 Å². The molecule has 0 unspecified atom stereocenters. The third-order valence-corrected chi connectivity index (χ3v) is 9.44. The van der Waals surface area contributed by atoms with Crippen LogP contribution in [0.2, 0.25) is 0 Å². The fourth-order valence-electron chi connectivity index (χ4n) is 7.24. The smallest absolute Gasteiger partial charge is 0.273 e. The summed E-state index contributed by atoms with van der Waals surface area (Å²) in [6.45, 7) is 12.9. The van der Waals surface area contributed by atoms with E-state index in [1.807, 2.05) is 17.9 Å². The maximum atomic E-state index is 14.1. The quantitative estimate of drug-likeness (QED) is 0.441. The molecule has 7 heteroatoms. The van der Waals surface area contributed by atoms with Gasteiger partial charge in [-0.05, 0) is 69.0 Å². The lowest BCUT2D eigenvalue weighted by Crippen LogP contribution is -2.65. The monoisotopic (exact) mass is 547 g/mol. The number of rotatable bonds is 8. The van der Waals surface area contributed by atoms with E-state index in [0.717, 1.165) is 69.4 Å². The summed E-state index contributed by atoms with van der Waals surface area (Å²) in [7, 11) is 0. The van der Waals surface area contributed by atoms with Crippen LogP contribution in [-0.2, 0) is 17.8 Å². The SMILES string of the molecule is CCc1ccc(-c2cc3n(n2)C[C@](C)(C(=O)NC2CCCCCC2)N(CCCN2C[C@H](C)C[C@@H](C)C2)C3=O)cc1. The molecule has 2 amide bonds. The molecule has 2 aliphatic heterocycles. The summed E-state index contributed by atoms with van der Waals surface area (Å²) in [5, 5.41) is 8.22. The van der Waals surface area contributed by atoms with E-state index in [0.29, 0.717) is 30.6 Å². The fraction of sp³-hybridized carbons (Fsp3) is 0.667. The highest BCUT2D eigenvalue weighted by molar-refractivity contribution is 6.00. The van der Waals surface area contributed by atoms with Gasteiger partial charge in [0, 0.05) is 31.2 Å². The lowest BCUT2D eigenvalue weighted by molar-refractivity contribution is -0.134. The standard InChI is InChI=1S/C33H49N5O2/c1-5-26-13-15-27(16-14-26)29-20-30-31(39)37(18-10-17-36-21-24(2)19-25(3)22-36)33(4,23-38(30)35-29)32(40)34-28-11-8-6-7-9-12-28/h13-16,20,24-25,28H,5-12,17-19,21-23H2,1-4H3,(H,34,40)/t24-,25-,33-/m1/s1. The van der Waals surface area contributed by atoms with Gasteiger partial charge in [-0.25, -0.2) is 0 Å². The van der Waals surface area contributed by atoms with Gasteiger partial charge in [-0.2, -0.15) is 5.10 Å². The number of aromatic nitrogens is 2. The number of nitrogens with zero attached hydrogens (tertiary/aromatic N) is 4. The molecule has 3 aliphatic rings. The molecule has 3 atom stereocenters. The molecule has 1 saturated heterocycles. The first-order valence-corrected chi connectivity index (χ1v) is 15.8. The maximum Gasteiger partial charge on any atom is 0.273 e. The summed E-state index contributed by atoms with van der Waals surface area (Å²) in [5.41, 5.74) is 2.66. The topological polar surface area (TPSA) is 70.5 Å². The van der Waals surface area contributed by atoms with Gasteiger partial charge in [0.1, 0.15) is 11.2 Å². The molecule has 5 rings (SSSR count). The fourth-order valence-corrected chi connectivity index (χ4v) is 7.24. The first kappa shape index (κ1) is 28.8. The van der Waals surface area contributed by atoms with Crippen molar-refractivity contribution in [3.63, 3.8) is 0 Å². The number of piperidine rings is 1. The number of carbonyl (C=O) groups excluding carboxylic acids is 2. The molecule has 1 N–H and O–H groups in total. The van der Waals surface area contributed by atoms with Crippen LogP contribution in [0.25, 0.3) is 11.3 Å². The number of fused-ring (bicyclic) bond motifs is 1. The van der Waals surface area contributed by atoms with Gasteiger partial charge < -0.3 is 15.1 Å². The minimum atomic E-state index is -0.978. The van der Waals surface area contributed by atoms with Gasteiger partial charge in [0.25, 0.3) is 5.91 Å². The van der Waals surface area contributed by atoms with Crippen molar-refractivity contribution in [2.45, 2.75) is 104 Å². The Labute approximate surface area is 240 Å². The third kappa shape index (κ3) is 6.29. The van der Waals surface area contributed by atoms with Crippen molar-refractivity contribution in [2.75, 3.05) is 26.2 Å². The van der Waals surface area contributed by atoms with Crippen LogP contribution in [0.4, 0.5) is 0 Å². The molecule has 1 aliphatic carbocycles. The number of benzene rings is 1. The molecule has 40 heavy (non-hydrogen) atoms. The van der Waals surface area contributed by atoms with Crippen LogP contribution in [-0.4, -0.2) is 69.2 Å². The van der Waals surface area contributed by atoms with E-state index in [9.17, 15) is 9.59 Å². The zero-order valence-electron chi connectivity index (χ0n) is 25.1. The largest absolute Gasteiger partial charge is 0.351 e. The number of nitrogens with one attached hydrogen (secondary N) is 1. The van der Waals surface area contributed by atoms with Crippen molar-refractivity contribution in [1.82, 2.24) is 24.9 Å². The van der Waals surface area contributed by atoms with Crippen LogP contribution < -0.4 is 5.32 Å². The predicted molar refractivity (Wildman–Crippen MR) is 160 cm³/mol. The summed E-state index contributed by atoms with van der Waals surface area (Å²) in [5.74, 6) is 1.28. The number of hydrogen-bond acceptors (Lipinski definition) is 4. The molecule has 0 bridgehead atoms. The first-order chi connectivity index (χ1) is 19.3. The Morgan fingerprint density at radius 3 is 2.35 bits per heavy atom. The van der Waals surface area contributed by atoms with Crippen molar-refractivity contribution in [2.24, 2.45) is 11.8 Å². The molecular formula is C33H49N5O2. The van der Waals surface area contributed by atoms with Crippen LogP contribution in [0.5, 0.6) is 0 Å². The van der Waals surface area contributed by atoms with Crippen LogP contribution in [0.3, 0.4) is 0 Å². The van der Waals surface area contributed by atoms with E-state index < -0.39 is 5.54 Å². The average Bonchev–Trinajstić information content (AvgIpc) is 3.18. The normalized spacial score (nSPS) is 26.4. The van der Waals surface area contributed by atoms with Gasteiger partial charge in [-0.1, -0.05) is 70.7 Å². The summed E-state index contributed by atoms with van der Waals surface area (Å²) in [6.07, 6.45) is 9.95. The molecule has 218 valence electrons. The molecule has 7 nitrogen and oxygen atoms in total. The molecule has 1 saturated carbocycles. The number of likely N-dealkylation sites (tertiary alicyclic amines) is 1. The van der Waals surface area contributed by atoms with E-state index in [4.69, 9.17) is 5.10 Å². The second-order valence-electron chi connectivity index (χ2n) is 13.1. The van der Waals surface area contributed by atoms with E-state index in [1.54, 1.807) is 4.68 Å². The van der Waals surface area contributed by atoms with Crippen molar-refractivity contribution < 1.29 is 9.59 Å². The van der Waals surface area contributed by atoms with Gasteiger partial charge in [-0.3, -0.25) is 14.3 Å². The van der Waals surface area contributed by atoms with Crippen molar-refractivity contribution in [3.05, 3.63) is 41.6 Å². The van der Waals surface area contributed by atoms with Gasteiger partial charge >= 0.3 is 0 Å². The van der Waals surface area contributed by atoms with Crippen molar-refractivity contribution >= 4 is 11.8 Å². The summed E-state index contributed by atoms with van der Waals surface area (Å²) in [4.78, 5) is 32.5. The Morgan fingerprint density at radius 1 is 1.02 bits per heavy atom. The number of aryl methyl sites for hydroxylation is 1. The summed E-state index contributed by atoms with van der Waals surface area (Å²) in [6, 6.07) is 10.5. The van der Waals surface area contributed by atoms with E-state index in [1.165, 1.54) is 24.8 Å². The average molecular weight is 548 g/mol. The Morgan fingerprint density at radius 2 is 1.70 bits per heavy atom. The minimum absolute atomic E-state index is 0.0389. The zero-order chi connectivity index (χ0) is 28.3.